The lowest BCUT2D eigenvalue weighted by Gasteiger charge is -2.18. The first-order valence-electron chi connectivity index (χ1n) is 5.27. The zero-order valence-electron chi connectivity index (χ0n) is 7.81. The van der Waals surface area contributed by atoms with Gasteiger partial charge >= 0.3 is 0 Å². The van der Waals surface area contributed by atoms with Crippen molar-refractivity contribution in [3.8, 4) is 0 Å². The van der Waals surface area contributed by atoms with Gasteiger partial charge < -0.3 is 0 Å². The molecule has 1 rings (SSSR count). The van der Waals surface area contributed by atoms with Gasteiger partial charge in [0.05, 0.1) is 0 Å². The fourth-order valence-corrected chi connectivity index (χ4v) is 2.06. The number of rotatable bonds is 2. The average molecular weight is 153 g/mol. The maximum absolute atomic E-state index is 2.52. The van der Waals surface area contributed by atoms with Crippen LogP contribution in [0.5, 0.6) is 0 Å². The fourth-order valence-electron chi connectivity index (χ4n) is 2.06. The summed E-state index contributed by atoms with van der Waals surface area (Å²) in [5, 5.41) is 0. The first-order valence-corrected chi connectivity index (χ1v) is 5.27. The van der Waals surface area contributed by atoms with Crippen LogP contribution < -0.4 is 0 Å². The largest absolute Gasteiger partial charge is 0.0651 e. The summed E-state index contributed by atoms with van der Waals surface area (Å²) in [7, 11) is 0. The van der Waals surface area contributed by atoms with Crippen LogP contribution in [-0.4, -0.2) is 0 Å². The van der Waals surface area contributed by atoms with Crippen LogP contribution in [-0.2, 0) is 0 Å². The van der Waals surface area contributed by atoms with E-state index in [0.717, 1.165) is 5.92 Å². The third-order valence-corrected chi connectivity index (χ3v) is 2.72. The molecule has 0 unspecified atom stereocenters. The zero-order chi connectivity index (χ0) is 7.94. The molecule has 0 amide bonds. The second kappa shape index (κ2) is 5.62. The molecule has 0 aromatic heterocycles. The third kappa shape index (κ3) is 3.79. The molecule has 0 heterocycles. The SMILES string of the molecule is CC[CH]C1CCCCCCC1. The normalized spacial score (nSPS) is 22.6. The molecule has 11 heavy (non-hydrogen) atoms. The monoisotopic (exact) mass is 153 g/mol. The van der Waals surface area contributed by atoms with Crippen molar-refractivity contribution in [2.24, 2.45) is 5.92 Å². The Kier molecular flexibility index (Phi) is 4.65. The summed E-state index contributed by atoms with van der Waals surface area (Å²) >= 11 is 0. The van der Waals surface area contributed by atoms with Crippen LogP contribution in [0.2, 0.25) is 0 Å². The minimum Gasteiger partial charge on any atom is -0.0651 e. The van der Waals surface area contributed by atoms with Crippen LogP contribution in [0.25, 0.3) is 0 Å². The van der Waals surface area contributed by atoms with Gasteiger partial charge in [-0.3, -0.25) is 0 Å². The maximum atomic E-state index is 2.52. The maximum Gasteiger partial charge on any atom is -0.0357 e. The molecule has 0 nitrogen and oxygen atoms in total. The van der Waals surface area contributed by atoms with Gasteiger partial charge in [-0.1, -0.05) is 58.3 Å². The van der Waals surface area contributed by atoms with Gasteiger partial charge in [0.2, 0.25) is 0 Å². The van der Waals surface area contributed by atoms with Gasteiger partial charge in [0, 0.05) is 0 Å². The van der Waals surface area contributed by atoms with E-state index in [1.54, 1.807) is 0 Å². The van der Waals surface area contributed by atoms with Gasteiger partial charge in [0.15, 0.2) is 0 Å². The summed E-state index contributed by atoms with van der Waals surface area (Å²) in [6.07, 6.45) is 14.1. The van der Waals surface area contributed by atoms with Crippen molar-refractivity contribution in [2.45, 2.75) is 58.3 Å². The second-order valence-corrected chi connectivity index (χ2v) is 3.75. The first kappa shape index (κ1) is 9.09. The van der Waals surface area contributed by atoms with Gasteiger partial charge in [-0.2, -0.15) is 0 Å². The minimum absolute atomic E-state index is 0.959. The Labute approximate surface area is 71.4 Å². The van der Waals surface area contributed by atoms with E-state index in [4.69, 9.17) is 0 Å². The summed E-state index contributed by atoms with van der Waals surface area (Å²) in [6.45, 7) is 2.26. The van der Waals surface area contributed by atoms with Crippen molar-refractivity contribution >= 4 is 0 Å². The minimum atomic E-state index is 0.959. The van der Waals surface area contributed by atoms with Crippen molar-refractivity contribution in [2.75, 3.05) is 0 Å². The van der Waals surface area contributed by atoms with E-state index in [1.807, 2.05) is 0 Å². The molecule has 0 aromatic carbocycles. The molecule has 0 aromatic rings. The molecular formula is C11H21. The standard InChI is InChI=1S/C11H21/c1-2-8-11-9-6-4-3-5-7-10-11/h8,11H,2-7,9-10H2,1H3. The highest BCUT2D eigenvalue weighted by molar-refractivity contribution is 4.75. The first-order chi connectivity index (χ1) is 5.43. The highest BCUT2D eigenvalue weighted by Crippen LogP contribution is 2.24. The smallest absolute Gasteiger partial charge is 0.0357 e. The molecule has 1 aliphatic carbocycles. The van der Waals surface area contributed by atoms with Crippen molar-refractivity contribution < 1.29 is 0 Å². The van der Waals surface area contributed by atoms with Crippen LogP contribution in [0, 0.1) is 12.3 Å². The summed E-state index contributed by atoms with van der Waals surface area (Å²) in [6, 6.07) is 0. The molecule has 0 atom stereocenters. The van der Waals surface area contributed by atoms with Gasteiger partial charge in [-0.25, -0.2) is 0 Å². The molecule has 1 fully saturated rings. The zero-order valence-corrected chi connectivity index (χ0v) is 7.81. The van der Waals surface area contributed by atoms with E-state index in [1.165, 1.54) is 51.4 Å². The molecule has 0 heteroatoms. The van der Waals surface area contributed by atoms with Crippen molar-refractivity contribution in [1.29, 1.82) is 0 Å². The quantitative estimate of drug-likeness (QED) is 0.563. The Morgan fingerprint density at radius 2 is 1.55 bits per heavy atom. The van der Waals surface area contributed by atoms with Crippen LogP contribution in [0.3, 0.4) is 0 Å². The average Bonchev–Trinajstić information content (AvgIpc) is 1.94. The number of hydrogen-bond donors (Lipinski definition) is 0. The van der Waals surface area contributed by atoms with Crippen LogP contribution in [0.4, 0.5) is 0 Å². The number of hydrogen-bond acceptors (Lipinski definition) is 0. The fraction of sp³-hybridized carbons (Fsp3) is 0.909. The molecule has 0 N–H and O–H groups in total. The highest BCUT2D eigenvalue weighted by atomic mass is 14.1. The third-order valence-electron chi connectivity index (χ3n) is 2.72. The molecule has 1 aliphatic rings. The summed E-state index contributed by atoms with van der Waals surface area (Å²) in [5.74, 6) is 0.959. The molecular weight excluding hydrogens is 132 g/mol. The molecule has 1 saturated carbocycles. The van der Waals surface area contributed by atoms with E-state index in [2.05, 4.69) is 13.3 Å². The Balaban J connectivity index is 2.15. The van der Waals surface area contributed by atoms with Crippen LogP contribution in [0.1, 0.15) is 58.3 Å². The topological polar surface area (TPSA) is 0 Å². The molecule has 1 radical (unpaired) electrons. The Hall–Kier alpha value is 0. The summed E-state index contributed by atoms with van der Waals surface area (Å²) in [4.78, 5) is 0. The lowest BCUT2D eigenvalue weighted by atomic mass is 9.88. The lowest BCUT2D eigenvalue weighted by molar-refractivity contribution is 0.410. The molecule has 65 valence electrons. The Bertz CT molecular complexity index is 78.0. The van der Waals surface area contributed by atoms with Crippen molar-refractivity contribution in [3.05, 3.63) is 6.42 Å². The molecule has 0 bridgehead atoms. The van der Waals surface area contributed by atoms with Gasteiger partial charge in [-0.15, -0.1) is 0 Å². The molecule has 0 aliphatic heterocycles. The van der Waals surface area contributed by atoms with Gasteiger partial charge in [0.25, 0.3) is 0 Å². The predicted molar refractivity (Wildman–Crippen MR) is 50.4 cm³/mol. The summed E-state index contributed by atoms with van der Waals surface area (Å²) < 4.78 is 0. The molecule has 0 spiro atoms. The summed E-state index contributed by atoms with van der Waals surface area (Å²) in [5.41, 5.74) is 0. The highest BCUT2D eigenvalue weighted by Gasteiger charge is 2.09. The lowest BCUT2D eigenvalue weighted by Crippen LogP contribution is -2.03. The Morgan fingerprint density at radius 3 is 2.09 bits per heavy atom. The van der Waals surface area contributed by atoms with E-state index in [0.29, 0.717) is 0 Å². The van der Waals surface area contributed by atoms with Crippen LogP contribution in [0.15, 0.2) is 0 Å². The van der Waals surface area contributed by atoms with Crippen molar-refractivity contribution in [1.82, 2.24) is 0 Å². The van der Waals surface area contributed by atoms with Gasteiger partial charge in [-0.05, 0) is 12.3 Å². The Morgan fingerprint density at radius 1 is 1.00 bits per heavy atom. The van der Waals surface area contributed by atoms with Gasteiger partial charge in [0.1, 0.15) is 0 Å². The predicted octanol–water partition coefficient (Wildman–Crippen LogP) is 3.96. The second-order valence-electron chi connectivity index (χ2n) is 3.75. The van der Waals surface area contributed by atoms with Crippen LogP contribution >= 0.6 is 0 Å². The van der Waals surface area contributed by atoms with E-state index in [9.17, 15) is 0 Å². The molecule has 0 saturated heterocycles. The van der Waals surface area contributed by atoms with Crippen molar-refractivity contribution in [3.63, 3.8) is 0 Å². The van der Waals surface area contributed by atoms with E-state index < -0.39 is 0 Å². The van der Waals surface area contributed by atoms with E-state index >= 15 is 0 Å². The van der Waals surface area contributed by atoms with E-state index in [-0.39, 0.29) is 0 Å².